The van der Waals surface area contributed by atoms with Crippen molar-refractivity contribution in [3.05, 3.63) is 39.7 Å². The summed E-state index contributed by atoms with van der Waals surface area (Å²) in [6.07, 6.45) is -0.558. The number of amides is 1. The standard InChI is InChI=1S/C26H33N3O9/c1-29(2)15-7-12(9-28-10-17(37-3)38-4)21(31)19-14(15)6-11-5-13-8-16(30)20(25(27)35)24(34)26(13,36)23(33)18(11)22(19)32/h7,11,13,17,28,31-32,34,36H,5-6,8-10H2,1-4H3,(H2,27,35). The van der Waals surface area contributed by atoms with E-state index >= 15 is 0 Å². The number of primary amides is 1. The van der Waals surface area contributed by atoms with Crippen LogP contribution in [0.5, 0.6) is 5.75 Å². The largest absolute Gasteiger partial charge is 0.508 e. The average molecular weight is 532 g/mol. The second-order valence-electron chi connectivity index (χ2n) is 10.1. The van der Waals surface area contributed by atoms with Gasteiger partial charge in [0.15, 0.2) is 17.7 Å². The Balaban J connectivity index is 1.83. The highest BCUT2D eigenvalue weighted by Crippen LogP contribution is 2.53. The highest BCUT2D eigenvalue weighted by molar-refractivity contribution is 6.22. The molecule has 0 heterocycles. The van der Waals surface area contributed by atoms with Gasteiger partial charge >= 0.3 is 0 Å². The minimum absolute atomic E-state index is 0.0511. The number of carbonyl (C=O) groups is 3. The number of ether oxygens (including phenoxy) is 2. The lowest BCUT2D eigenvalue weighted by molar-refractivity contribution is -0.147. The van der Waals surface area contributed by atoms with E-state index in [1.165, 1.54) is 14.2 Å². The third-order valence-corrected chi connectivity index (χ3v) is 7.75. The summed E-state index contributed by atoms with van der Waals surface area (Å²) in [4.78, 5) is 39.8. The molecule has 1 aromatic carbocycles. The highest BCUT2D eigenvalue weighted by atomic mass is 16.7. The SMILES string of the molecule is COC(CNCc1cc(N(C)C)c2c(c1O)C(O)=C1C(=O)C3(O)C(O)=C(C(N)=O)C(=O)CC3CC1C2)OC. The topological polar surface area (TPSA) is 192 Å². The number of nitrogens with one attached hydrogen (secondary N) is 1. The molecule has 0 radical (unpaired) electrons. The summed E-state index contributed by atoms with van der Waals surface area (Å²) in [5.74, 6) is -6.50. The number of hydrogen-bond acceptors (Lipinski definition) is 11. The number of ketones is 2. The fraction of sp³-hybridized carbons (Fsp3) is 0.500. The second-order valence-corrected chi connectivity index (χ2v) is 10.1. The van der Waals surface area contributed by atoms with Crippen molar-refractivity contribution in [2.75, 3.05) is 39.8 Å². The summed E-state index contributed by atoms with van der Waals surface area (Å²) >= 11 is 0. The minimum Gasteiger partial charge on any atom is -0.508 e. The van der Waals surface area contributed by atoms with E-state index in [1.54, 1.807) is 6.07 Å². The molecule has 3 aliphatic carbocycles. The van der Waals surface area contributed by atoms with Crippen molar-refractivity contribution in [2.24, 2.45) is 17.6 Å². The smallest absolute Gasteiger partial charge is 0.255 e. The number of nitrogens with two attached hydrogens (primary N) is 1. The van der Waals surface area contributed by atoms with Gasteiger partial charge in [0, 0.05) is 70.6 Å². The van der Waals surface area contributed by atoms with Gasteiger partial charge < -0.3 is 45.9 Å². The average Bonchev–Trinajstić information content (AvgIpc) is 2.84. The Hall–Kier alpha value is -3.45. The summed E-state index contributed by atoms with van der Waals surface area (Å²) in [5.41, 5.74) is 3.45. The Morgan fingerprint density at radius 3 is 2.45 bits per heavy atom. The van der Waals surface area contributed by atoms with Crippen molar-refractivity contribution >= 4 is 28.9 Å². The molecular formula is C26H33N3O9. The molecule has 38 heavy (non-hydrogen) atoms. The molecule has 0 aliphatic heterocycles. The van der Waals surface area contributed by atoms with Crippen LogP contribution in [0, 0.1) is 11.8 Å². The molecule has 4 rings (SSSR count). The summed E-state index contributed by atoms with van der Waals surface area (Å²) < 4.78 is 10.3. The molecule has 12 heteroatoms. The number of Topliss-reactive ketones (excluding diaryl/α,β-unsaturated/α-hetero) is 2. The van der Waals surface area contributed by atoms with E-state index < -0.39 is 58.3 Å². The zero-order chi connectivity index (χ0) is 28.1. The predicted octanol–water partition coefficient (Wildman–Crippen LogP) is 0.198. The number of anilines is 1. The van der Waals surface area contributed by atoms with E-state index in [9.17, 15) is 34.8 Å². The summed E-state index contributed by atoms with van der Waals surface area (Å²) in [5, 5.41) is 47.8. The number of aliphatic hydroxyl groups excluding tert-OH is 2. The lowest BCUT2D eigenvalue weighted by atomic mass is 9.59. The molecule has 1 amide bonds. The minimum atomic E-state index is -2.59. The van der Waals surface area contributed by atoms with E-state index in [1.807, 2.05) is 19.0 Å². The number of phenols is 1. The van der Waals surface area contributed by atoms with Crippen LogP contribution in [0.4, 0.5) is 5.69 Å². The number of phenolic OH excluding ortho intramolecular Hbond substituents is 1. The molecule has 1 fully saturated rings. The van der Waals surface area contributed by atoms with Crippen LogP contribution in [-0.4, -0.2) is 84.7 Å². The molecule has 0 bridgehead atoms. The van der Waals surface area contributed by atoms with Crippen LogP contribution in [-0.2, 0) is 36.8 Å². The van der Waals surface area contributed by atoms with E-state index in [0.29, 0.717) is 23.4 Å². The fourth-order valence-corrected chi connectivity index (χ4v) is 5.84. The van der Waals surface area contributed by atoms with Gasteiger partial charge in [0.25, 0.3) is 5.91 Å². The van der Waals surface area contributed by atoms with E-state index in [4.69, 9.17) is 15.2 Å². The summed E-state index contributed by atoms with van der Waals surface area (Å²) in [7, 11) is 6.62. The van der Waals surface area contributed by atoms with Gasteiger partial charge in [-0.2, -0.15) is 0 Å². The molecule has 1 aromatic rings. The normalized spacial score (nSPS) is 24.9. The Kier molecular flexibility index (Phi) is 7.28. The van der Waals surface area contributed by atoms with Crippen molar-refractivity contribution in [3.63, 3.8) is 0 Å². The molecule has 3 unspecified atom stereocenters. The summed E-state index contributed by atoms with van der Waals surface area (Å²) in [6, 6.07) is 1.78. The molecule has 1 saturated carbocycles. The Labute approximate surface area is 219 Å². The van der Waals surface area contributed by atoms with Gasteiger partial charge in [0.05, 0.1) is 5.56 Å². The molecule has 0 aromatic heterocycles. The van der Waals surface area contributed by atoms with Gasteiger partial charge in [0.2, 0.25) is 5.78 Å². The third kappa shape index (κ3) is 4.13. The molecule has 12 nitrogen and oxygen atoms in total. The highest BCUT2D eigenvalue weighted by Gasteiger charge is 2.60. The van der Waals surface area contributed by atoms with Crippen molar-refractivity contribution in [1.82, 2.24) is 5.32 Å². The number of carbonyl (C=O) groups excluding carboxylic acids is 3. The lowest BCUT2D eigenvalue weighted by Crippen LogP contribution is -2.58. The Morgan fingerprint density at radius 2 is 1.87 bits per heavy atom. The summed E-state index contributed by atoms with van der Waals surface area (Å²) in [6.45, 7) is 0.498. The first kappa shape index (κ1) is 27.6. The van der Waals surface area contributed by atoms with Gasteiger partial charge in [-0.15, -0.1) is 0 Å². The van der Waals surface area contributed by atoms with Gasteiger partial charge in [-0.05, 0) is 30.4 Å². The van der Waals surface area contributed by atoms with Crippen LogP contribution in [0.15, 0.2) is 23.0 Å². The van der Waals surface area contributed by atoms with Crippen LogP contribution >= 0.6 is 0 Å². The Bertz CT molecular complexity index is 1260. The Morgan fingerprint density at radius 1 is 1.21 bits per heavy atom. The molecule has 3 aliphatic rings. The molecule has 7 N–H and O–H groups in total. The first-order valence-corrected chi connectivity index (χ1v) is 12.2. The number of nitrogens with zero attached hydrogens (tertiary/aromatic N) is 1. The van der Waals surface area contributed by atoms with Gasteiger partial charge in [-0.3, -0.25) is 14.4 Å². The van der Waals surface area contributed by atoms with Gasteiger partial charge in [-0.1, -0.05) is 0 Å². The van der Waals surface area contributed by atoms with Gasteiger partial charge in [0.1, 0.15) is 22.8 Å². The van der Waals surface area contributed by atoms with Crippen LogP contribution in [0.2, 0.25) is 0 Å². The van der Waals surface area contributed by atoms with Crippen molar-refractivity contribution < 1.29 is 44.3 Å². The first-order valence-electron chi connectivity index (χ1n) is 12.2. The molecule has 0 spiro atoms. The molecule has 3 atom stereocenters. The second kappa shape index (κ2) is 10.0. The first-order chi connectivity index (χ1) is 17.9. The zero-order valence-electron chi connectivity index (χ0n) is 21.7. The van der Waals surface area contributed by atoms with E-state index in [-0.39, 0.29) is 42.7 Å². The number of hydrogen-bond donors (Lipinski definition) is 6. The van der Waals surface area contributed by atoms with Crippen molar-refractivity contribution in [1.29, 1.82) is 0 Å². The predicted molar refractivity (Wildman–Crippen MR) is 135 cm³/mol. The number of benzene rings is 1. The molecule has 206 valence electrons. The number of rotatable bonds is 8. The van der Waals surface area contributed by atoms with E-state index in [2.05, 4.69) is 5.32 Å². The van der Waals surface area contributed by atoms with Crippen LogP contribution in [0.1, 0.15) is 29.5 Å². The van der Waals surface area contributed by atoms with Crippen molar-refractivity contribution in [2.45, 2.75) is 37.7 Å². The maximum absolute atomic E-state index is 13.7. The zero-order valence-corrected chi connectivity index (χ0v) is 21.7. The monoisotopic (exact) mass is 531 g/mol. The maximum Gasteiger partial charge on any atom is 0.255 e. The van der Waals surface area contributed by atoms with E-state index in [0.717, 1.165) is 0 Å². The number of methoxy groups -OCH3 is 2. The van der Waals surface area contributed by atoms with Crippen LogP contribution in [0.25, 0.3) is 5.76 Å². The van der Waals surface area contributed by atoms with Crippen molar-refractivity contribution in [3.8, 4) is 5.75 Å². The van der Waals surface area contributed by atoms with Gasteiger partial charge in [-0.25, -0.2) is 0 Å². The fourth-order valence-electron chi connectivity index (χ4n) is 5.84. The molecular weight excluding hydrogens is 498 g/mol. The third-order valence-electron chi connectivity index (χ3n) is 7.75. The number of fused-ring (bicyclic) bond motifs is 3. The molecule has 0 saturated heterocycles. The van der Waals surface area contributed by atoms with Crippen LogP contribution in [0.3, 0.4) is 0 Å². The lowest BCUT2D eigenvalue weighted by Gasteiger charge is -2.46. The number of aromatic hydroxyl groups is 1. The van der Waals surface area contributed by atoms with Crippen LogP contribution < -0.4 is 16.0 Å². The quantitative estimate of drug-likeness (QED) is 0.198. The maximum atomic E-state index is 13.7. The number of aliphatic hydroxyl groups is 3.